The van der Waals surface area contributed by atoms with E-state index in [-0.39, 0.29) is 0 Å². The zero-order chi connectivity index (χ0) is 11.0. The lowest BCUT2D eigenvalue weighted by Gasteiger charge is -2.38. The van der Waals surface area contributed by atoms with Gasteiger partial charge >= 0.3 is 0 Å². The lowest BCUT2D eigenvalue weighted by molar-refractivity contribution is 0.0976. The monoisotopic (exact) mass is 197 g/mol. The van der Waals surface area contributed by atoms with Crippen LogP contribution in [0.2, 0.25) is 0 Å². The van der Waals surface area contributed by atoms with Crippen LogP contribution in [-0.2, 0) is 0 Å². The topological polar surface area (TPSA) is 30.3 Å². The van der Waals surface area contributed by atoms with Crippen molar-refractivity contribution in [3.8, 4) is 6.07 Å². The molecule has 14 heavy (non-hydrogen) atoms. The molecule has 0 N–H and O–H groups in total. The number of hydrogen-bond acceptors (Lipinski definition) is 3. The molecule has 1 rings (SSSR count). The van der Waals surface area contributed by atoms with Gasteiger partial charge in [0.15, 0.2) is 0 Å². The number of hydrogen-bond donors (Lipinski definition) is 0. The first-order valence-corrected chi connectivity index (χ1v) is 5.57. The fourth-order valence-electron chi connectivity index (χ4n) is 1.76. The normalized spacial score (nSPS) is 23.5. The van der Waals surface area contributed by atoms with Crippen molar-refractivity contribution in [1.29, 1.82) is 5.26 Å². The second kappa shape index (κ2) is 7.78. The maximum absolute atomic E-state index is 8.62. The van der Waals surface area contributed by atoms with Gasteiger partial charge in [0.25, 0.3) is 0 Å². The van der Waals surface area contributed by atoms with E-state index in [1.807, 2.05) is 13.8 Å². The molecule has 0 aromatic rings. The van der Waals surface area contributed by atoms with Gasteiger partial charge in [0.05, 0.1) is 12.5 Å². The summed E-state index contributed by atoms with van der Waals surface area (Å²) in [5.41, 5.74) is 0. The third kappa shape index (κ3) is 4.08. The van der Waals surface area contributed by atoms with Crippen molar-refractivity contribution < 1.29 is 0 Å². The van der Waals surface area contributed by atoms with E-state index >= 15 is 0 Å². The average Bonchev–Trinajstić information content (AvgIpc) is 2.22. The molecule has 1 saturated heterocycles. The van der Waals surface area contributed by atoms with Gasteiger partial charge in [-0.15, -0.1) is 0 Å². The first-order chi connectivity index (χ1) is 6.77. The zero-order valence-electron chi connectivity index (χ0n) is 9.95. The van der Waals surface area contributed by atoms with Crippen molar-refractivity contribution in [2.24, 2.45) is 0 Å². The van der Waals surface area contributed by atoms with E-state index in [9.17, 15) is 0 Å². The van der Waals surface area contributed by atoms with Crippen molar-refractivity contribution in [2.45, 2.75) is 33.2 Å². The summed E-state index contributed by atoms with van der Waals surface area (Å²) in [5, 5.41) is 8.62. The summed E-state index contributed by atoms with van der Waals surface area (Å²) in [7, 11) is 2.12. The molecule has 0 aromatic heterocycles. The molecule has 0 bridgehead atoms. The summed E-state index contributed by atoms with van der Waals surface area (Å²) in [4.78, 5) is 4.69. The van der Waals surface area contributed by atoms with E-state index in [1.54, 1.807) is 0 Å². The van der Waals surface area contributed by atoms with Crippen LogP contribution in [0.3, 0.4) is 0 Å². The van der Waals surface area contributed by atoms with E-state index in [4.69, 9.17) is 5.26 Å². The van der Waals surface area contributed by atoms with Gasteiger partial charge in [-0.25, -0.2) is 0 Å². The first kappa shape index (κ1) is 13.4. The van der Waals surface area contributed by atoms with Crippen LogP contribution in [0.1, 0.15) is 27.2 Å². The van der Waals surface area contributed by atoms with Gasteiger partial charge in [-0.2, -0.15) is 5.26 Å². The Kier molecular flexibility index (Phi) is 7.45. The molecule has 0 aliphatic carbocycles. The summed E-state index contributed by atoms with van der Waals surface area (Å²) in [5.74, 6) is 0. The predicted octanol–water partition coefficient (Wildman–Crippen LogP) is 1.56. The standard InChI is InChI=1S/C9H17N3.C2H6/c1-3-12-7-6-11(2)8-9(12)4-5-10;1-2/h9H,3-4,6-8H2,1-2H3;1-2H3. The second-order valence-electron chi connectivity index (χ2n) is 3.41. The van der Waals surface area contributed by atoms with Crippen molar-refractivity contribution in [2.75, 3.05) is 33.2 Å². The fraction of sp³-hybridized carbons (Fsp3) is 0.909. The van der Waals surface area contributed by atoms with Crippen LogP contribution >= 0.6 is 0 Å². The summed E-state index contributed by atoms with van der Waals surface area (Å²) in [6.07, 6.45) is 0.665. The Morgan fingerprint density at radius 3 is 2.50 bits per heavy atom. The van der Waals surface area contributed by atoms with E-state index in [1.165, 1.54) is 0 Å². The SMILES string of the molecule is CC.CCN1CCN(C)CC1CC#N. The number of likely N-dealkylation sites (N-methyl/N-ethyl adjacent to an activating group) is 2. The summed E-state index contributed by atoms with van der Waals surface area (Å²) in [6, 6.07) is 2.71. The van der Waals surface area contributed by atoms with Crippen molar-refractivity contribution in [3.05, 3.63) is 0 Å². The molecule has 0 saturated carbocycles. The van der Waals surface area contributed by atoms with Gasteiger partial charge in [-0.3, -0.25) is 4.90 Å². The number of rotatable bonds is 2. The largest absolute Gasteiger partial charge is 0.304 e. The quantitative estimate of drug-likeness (QED) is 0.673. The van der Waals surface area contributed by atoms with Crippen LogP contribution in [0.15, 0.2) is 0 Å². The van der Waals surface area contributed by atoms with Crippen LogP contribution in [0.4, 0.5) is 0 Å². The summed E-state index contributed by atoms with van der Waals surface area (Å²) >= 11 is 0. The molecule has 1 atom stereocenters. The van der Waals surface area contributed by atoms with Crippen molar-refractivity contribution >= 4 is 0 Å². The average molecular weight is 197 g/mol. The molecular weight excluding hydrogens is 174 g/mol. The first-order valence-electron chi connectivity index (χ1n) is 5.57. The van der Waals surface area contributed by atoms with Crippen LogP contribution in [0.25, 0.3) is 0 Å². The molecule has 0 amide bonds. The van der Waals surface area contributed by atoms with Gasteiger partial charge in [0.1, 0.15) is 0 Å². The number of nitriles is 1. The van der Waals surface area contributed by atoms with Crippen LogP contribution in [0, 0.1) is 11.3 Å². The van der Waals surface area contributed by atoms with E-state index in [2.05, 4.69) is 29.8 Å². The third-order valence-electron chi connectivity index (χ3n) is 2.54. The van der Waals surface area contributed by atoms with Gasteiger partial charge in [-0.1, -0.05) is 20.8 Å². The molecule has 0 aromatic carbocycles. The minimum Gasteiger partial charge on any atom is -0.304 e. The molecule has 0 spiro atoms. The maximum Gasteiger partial charge on any atom is 0.0638 e. The molecular formula is C11H23N3. The maximum atomic E-state index is 8.62. The highest BCUT2D eigenvalue weighted by Crippen LogP contribution is 2.10. The van der Waals surface area contributed by atoms with E-state index < -0.39 is 0 Å². The zero-order valence-corrected chi connectivity index (χ0v) is 9.95. The van der Waals surface area contributed by atoms with Crippen LogP contribution in [0.5, 0.6) is 0 Å². The molecule has 82 valence electrons. The van der Waals surface area contributed by atoms with Gasteiger partial charge in [-0.05, 0) is 13.6 Å². The Hall–Kier alpha value is -0.590. The minimum absolute atomic E-state index is 0.457. The van der Waals surface area contributed by atoms with E-state index in [0.717, 1.165) is 26.2 Å². The molecule has 1 fully saturated rings. The highest BCUT2D eigenvalue weighted by molar-refractivity contribution is 4.87. The smallest absolute Gasteiger partial charge is 0.0638 e. The molecule has 1 unspecified atom stereocenters. The summed E-state index contributed by atoms with van der Waals surface area (Å²) < 4.78 is 0. The fourth-order valence-corrected chi connectivity index (χ4v) is 1.76. The van der Waals surface area contributed by atoms with Crippen LogP contribution in [-0.4, -0.2) is 49.1 Å². The predicted molar refractivity (Wildman–Crippen MR) is 60.1 cm³/mol. The number of piperazine rings is 1. The lowest BCUT2D eigenvalue weighted by Crippen LogP contribution is -2.51. The molecule has 1 aliphatic heterocycles. The van der Waals surface area contributed by atoms with Gasteiger partial charge in [0.2, 0.25) is 0 Å². The molecule has 1 aliphatic rings. The second-order valence-corrected chi connectivity index (χ2v) is 3.41. The van der Waals surface area contributed by atoms with Crippen LogP contribution < -0.4 is 0 Å². The van der Waals surface area contributed by atoms with Crippen molar-refractivity contribution in [3.63, 3.8) is 0 Å². The third-order valence-corrected chi connectivity index (χ3v) is 2.54. The van der Waals surface area contributed by atoms with Gasteiger partial charge in [0, 0.05) is 25.7 Å². The minimum atomic E-state index is 0.457. The summed E-state index contributed by atoms with van der Waals surface area (Å²) in [6.45, 7) is 10.5. The number of nitrogens with zero attached hydrogens (tertiary/aromatic N) is 3. The molecule has 1 heterocycles. The van der Waals surface area contributed by atoms with Gasteiger partial charge < -0.3 is 4.90 Å². The highest BCUT2D eigenvalue weighted by Gasteiger charge is 2.22. The Bertz CT molecular complexity index is 174. The molecule has 3 heteroatoms. The highest BCUT2D eigenvalue weighted by atomic mass is 15.3. The van der Waals surface area contributed by atoms with E-state index in [0.29, 0.717) is 12.5 Å². The Balaban J connectivity index is 0.000000791. The van der Waals surface area contributed by atoms with Crippen molar-refractivity contribution in [1.82, 2.24) is 9.80 Å². The molecule has 0 radical (unpaired) electrons. The Morgan fingerprint density at radius 1 is 1.36 bits per heavy atom. The Morgan fingerprint density at radius 2 is 2.00 bits per heavy atom. The lowest BCUT2D eigenvalue weighted by atomic mass is 10.1. The Labute approximate surface area is 88.3 Å². The molecule has 3 nitrogen and oxygen atoms in total.